The van der Waals surface area contributed by atoms with Crippen LogP contribution < -0.4 is 5.32 Å². The van der Waals surface area contributed by atoms with E-state index >= 15 is 0 Å². The summed E-state index contributed by atoms with van der Waals surface area (Å²) >= 11 is 0. The summed E-state index contributed by atoms with van der Waals surface area (Å²) < 4.78 is 0. The molecule has 0 aromatic heterocycles. The number of nitrogens with one attached hydrogen (secondary N) is 1. The molecule has 0 aliphatic rings. The summed E-state index contributed by atoms with van der Waals surface area (Å²) in [6.07, 6.45) is 5.66. The number of unbranched alkanes of at least 4 members (excludes halogenated alkanes) is 1. The molecule has 0 aromatic carbocycles. The molecule has 76 valence electrons. The lowest BCUT2D eigenvalue weighted by Crippen LogP contribution is -2.44. The Morgan fingerprint density at radius 3 is 2.54 bits per heavy atom. The normalized spacial score (nSPS) is 14.7. The van der Waals surface area contributed by atoms with Crippen molar-refractivity contribution in [3.63, 3.8) is 0 Å². The molecule has 0 radical (unpaired) electrons. The lowest BCUT2D eigenvalue weighted by molar-refractivity contribution is -0.118. The fourth-order valence-electron chi connectivity index (χ4n) is 1.24. The molecule has 0 aromatic rings. The molecular weight excluding hydrogens is 162 g/mol. The van der Waals surface area contributed by atoms with Crippen LogP contribution in [0.4, 0.5) is 0 Å². The smallest absolute Gasteiger partial charge is 0.243 e. The molecule has 0 saturated carbocycles. The number of carbonyl (C=O) groups excluding carboxylic acids is 1. The van der Waals surface area contributed by atoms with E-state index in [0.29, 0.717) is 0 Å². The average Bonchev–Trinajstić information content (AvgIpc) is 2.14. The molecule has 1 unspecified atom stereocenters. The summed E-state index contributed by atoms with van der Waals surface area (Å²) in [6.45, 7) is 9.79. The number of hydrogen-bond donors (Lipinski definition) is 1. The highest BCUT2D eigenvalue weighted by Crippen LogP contribution is 2.17. The molecular formula is C11H21NO. The van der Waals surface area contributed by atoms with Crippen molar-refractivity contribution in [2.24, 2.45) is 0 Å². The molecule has 0 heterocycles. The van der Waals surface area contributed by atoms with Gasteiger partial charge in [0.15, 0.2) is 0 Å². The monoisotopic (exact) mass is 183 g/mol. The van der Waals surface area contributed by atoms with Crippen LogP contribution in [0.2, 0.25) is 0 Å². The Hall–Kier alpha value is -0.790. The summed E-state index contributed by atoms with van der Waals surface area (Å²) in [7, 11) is 0. The molecule has 0 aliphatic heterocycles. The van der Waals surface area contributed by atoms with Crippen molar-refractivity contribution >= 4 is 5.91 Å². The minimum absolute atomic E-state index is 0.0543. The van der Waals surface area contributed by atoms with Gasteiger partial charge in [-0.15, -0.1) is 0 Å². The number of carbonyl (C=O) groups is 1. The number of hydrogen-bond acceptors (Lipinski definition) is 1. The minimum Gasteiger partial charge on any atom is -0.347 e. The molecule has 1 amide bonds. The molecule has 0 rings (SSSR count). The zero-order valence-electron chi connectivity index (χ0n) is 9.02. The first-order valence-electron chi connectivity index (χ1n) is 5.02. The topological polar surface area (TPSA) is 29.1 Å². The van der Waals surface area contributed by atoms with E-state index in [1.807, 2.05) is 0 Å². The largest absolute Gasteiger partial charge is 0.347 e. The van der Waals surface area contributed by atoms with Gasteiger partial charge in [-0.2, -0.15) is 0 Å². The third-order valence-electron chi connectivity index (χ3n) is 2.47. The Balaban J connectivity index is 4.09. The van der Waals surface area contributed by atoms with Gasteiger partial charge in [0.05, 0.1) is 0 Å². The van der Waals surface area contributed by atoms with Crippen molar-refractivity contribution in [3.8, 4) is 0 Å². The van der Waals surface area contributed by atoms with Gasteiger partial charge in [-0.1, -0.05) is 33.3 Å². The zero-order chi connectivity index (χ0) is 10.3. The average molecular weight is 183 g/mol. The SMILES string of the molecule is C=CC(=O)NC(C)(CC)CCCC. The second kappa shape index (κ2) is 5.79. The van der Waals surface area contributed by atoms with Crippen LogP contribution in [0.15, 0.2) is 12.7 Å². The summed E-state index contributed by atoms with van der Waals surface area (Å²) in [5.41, 5.74) is -0.0543. The van der Waals surface area contributed by atoms with E-state index in [1.54, 1.807) is 0 Å². The van der Waals surface area contributed by atoms with Gasteiger partial charge in [0.25, 0.3) is 0 Å². The Morgan fingerprint density at radius 2 is 2.15 bits per heavy atom. The molecule has 13 heavy (non-hydrogen) atoms. The van der Waals surface area contributed by atoms with E-state index in [2.05, 4.69) is 32.7 Å². The predicted molar refractivity (Wildman–Crippen MR) is 56.6 cm³/mol. The highest BCUT2D eigenvalue weighted by atomic mass is 16.1. The van der Waals surface area contributed by atoms with Crippen molar-refractivity contribution in [3.05, 3.63) is 12.7 Å². The summed E-state index contributed by atoms with van der Waals surface area (Å²) in [5.74, 6) is -0.0690. The Morgan fingerprint density at radius 1 is 1.54 bits per heavy atom. The fourth-order valence-corrected chi connectivity index (χ4v) is 1.24. The third kappa shape index (κ3) is 4.71. The standard InChI is InChI=1S/C11H21NO/c1-5-8-9-11(4,7-3)12-10(13)6-2/h6H,2,5,7-9H2,1,3-4H3,(H,12,13). The number of amides is 1. The molecule has 1 N–H and O–H groups in total. The van der Waals surface area contributed by atoms with Gasteiger partial charge < -0.3 is 5.32 Å². The van der Waals surface area contributed by atoms with Gasteiger partial charge in [0.1, 0.15) is 0 Å². The van der Waals surface area contributed by atoms with Gasteiger partial charge in [-0.05, 0) is 25.8 Å². The van der Waals surface area contributed by atoms with Crippen molar-refractivity contribution in [1.82, 2.24) is 5.32 Å². The first kappa shape index (κ1) is 12.2. The third-order valence-corrected chi connectivity index (χ3v) is 2.47. The zero-order valence-corrected chi connectivity index (χ0v) is 9.02. The molecule has 2 nitrogen and oxygen atoms in total. The van der Waals surface area contributed by atoms with Crippen molar-refractivity contribution < 1.29 is 4.79 Å². The Bertz CT molecular complexity index is 177. The minimum atomic E-state index is -0.0690. The van der Waals surface area contributed by atoms with Gasteiger partial charge in [-0.3, -0.25) is 4.79 Å². The number of rotatable bonds is 6. The molecule has 0 fully saturated rings. The van der Waals surface area contributed by atoms with E-state index in [1.165, 1.54) is 12.5 Å². The van der Waals surface area contributed by atoms with E-state index in [0.717, 1.165) is 19.3 Å². The second-order valence-electron chi connectivity index (χ2n) is 3.71. The van der Waals surface area contributed by atoms with Gasteiger partial charge >= 0.3 is 0 Å². The van der Waals surface area contributed by atoms with Crippen LogP contribution in [0.1, 0.15) is 46.5 Å². The van der Waals surface area contributed by atoms with E-state index in [9.17, 15) is 4.79 Å². The molecule has 1 atom stereocenters. The van der Waals surface area contributed by atoms with Crippen LogP contribution in [0.5, 0.6) is 0 Å². The molecule has 0 aliphatic carbocycles. The summed E-state index contributed by atoms with van der Waals surface area (Å²) in [5, 5.41) is 2.97. The van der Waals surface area contributed by atoms with Crippen LogP contribution >= 0.6 is 0 Å². The maximum atomic E-state index is 11.1. The maximum Gasteiger partial charge on any atom is 0.243 e. The summed E-state index contributed by atoms with van der Waals surface area (Å²) in [4.78, 5) is 11.1. The van der Waals surface area contributed by atoms with Crippen molar-refractivity contribution in [1.29, 1.82) is 0 Å². The van der Waals surface area contributed by atoms with Gasteiger partial charge in [0.2, 0.25) is 5.91 Å². The summed E-state index contributed by atoms with van der Waals surface area (Å²) in [6, 6.07) is 0. The van der Waals surface area contributed by atoms with Gasteiger partial charge in [-0.25, -0.2) is 0 Å². The Labute approximate surface area is 81.4 Å². The molecule has 0 bridgehead atoms. The van der Waals surface area contributed by atoms with Gasteiger partial charge in [0, 0.05) is 5.54 Å². The Kier molecular flexibility index (Phi) is 5.44. The molecule has 0 saturated heterocycles. The van der Waals surface area contributed by atoms with Crippen molar-refractivity contribution in [2.75, 3.05) is 0 Å². The van der Waals surface area contributed by atoms with E-state index in [-0.39, 0.29) is 11.4 Å². The highest BCUT2D eigenvalue weighted by Gasteiger charge is 2.21. The first-order chi connectivity index (χ1) is 6.08. The lowest BCUT2D eigenvalue weighted by atomic mass is 9.92. The van der Waals surface area contributed by atoms with Crippen LogP contribution in [0.25, 0.3) is 0 Å². The van der Waals surface area contributed by atoms with E-state index in [4.69, 9.17) is 0 Å². The van der Waals surface area contributed by atoms with Crippen LogP contribution in [-0.2, 0) is 4.79 Å². The quantitative estimate of drug-likeness (QED) is 0.630. The predicted octanol–water partition coefficient (Wildman–Crippen LogP) is 2.65. The fraction of sp³-hybridized carbons (Fsp3) is 0.727. The molecule has 0 spiro atoms. The van der Waals surface area contributed by atoms with E-state index < -0.39 is 0 Å². The van der Waals surface area contributed by atoms with Crippen LogP contribution in [-0.4, -0.2) is 11.4 Å². The van der Waals surface area contributed by atoms with Crippen LogP contribution in [0, 0.1) is 0 Å². The first-order valence-corrected chi connectivity index (χ1v) is 5.02. The molecule has 2 heteroatoms. The lowest BCUT2D eigenvalue weighted by Gasteiger charge is -2.29. The van der Waals surface area contributed by atoms with Crippen LogP contribution in [0.3, 0.4) is 0 Å². The second-order valence-corrected chi connectivity index (χ2v) is 3.71. The highest BCUT2D eigenvalue weighted by molar-refractivity contribution is 5.87. The maximum absolute atomic E-state index is 11.1. The van der Waals surface area contributed by atoms with Crippen molar-refractivity contribution in [2.45, 2.75) is 52.0 Å².